The minimum atomic E-state index is -0.233. The van der Waals surface area contributed by atoms with Gasteiger partial charge < -0.3 is 5.11 Å². The first kappa shape index (κ1) is 16.0. The van der Waals surface area contributed by atoms with Gasteiger partial charge in [-0.25, -0.2) is 4.39 Å². The standard InChI is InChI=1S/C18H24FNO/c1-2-20(18-8-3-4-9-18)14-16-11-15(7-5-6-10-21)12-17(19)13-16/h11-13,18,21H,2-4,6,8-10,14H2,1H3. The van der Waals surface area contributed by atoms with E-state index >= 15 is 0 Å². The fourth-order valence-electron chi connectivity index (χ4n) is 3.04. The number of benzene rings is 1. The normalized spacial score (nSPS) is 15.2. The molecule has 1 aliphatic rings. The maximum Gasteiger partial charge on any atom is 0.124 e. The van der Waals surface area contributed by atoms with Crippen molar-refractivity contribution in [2.45, 2.75) is 51.6 Å². The molecular weight excluding hydrogens is 265 g/mol. The molecule has 0 aliphatic heterocycles. The Hall–Kier alpha value is -1.37. The number of nitrogens with zero attached hydrogens (tertiary/aromatic N) is 1. The number of hydrogen-bond donors (Lipinski definition) is 1. The van der Waals surface area contributed by atoms with Gasteiger partial charge in [0.1, 0.15) is 5.82 Å². The first-order valence-electron chi connectivity index (χ1n) is 7.86. The van der Waals surface area contributed by atoms with Gasteiger partial charge in [-0.1, -0.05) is 31.6 Å². The molecule has 1 N–H and O–H groups in total. The van der Waals surface area contributed by atoms with E-state index in [1.54, 1.807) is 6.07 Å². The van der Waals surface area contributed by atoms with Crippen molar-refractivity contribution in [3.63, 3.8) is 0 Å². The third-order valence-electron chi connectivity index (χ3n) is 4.06. The molecule has 114 valence electrons. The van der Waals surface area contributed by atoms with Crippen LogP contribution in [0, 0.1) is 17.7 Å². The van der Waals surface area contributed by atoms with E-state index in [2.05, 4.69) is 23.7 Å². The van der Waals surface area contributed by atoms with Gasteiger partial charge in [-0.2, -0.15) is 0 Å². The second-order valence-electron chi connectivity index (χ2n) is 5.62. The van der Waals surface area contributed by atoms with E-state index in [4.69, 9.17) is 5.11 Å². The molecule has 0 aromatic heterocycles. The van der Waals surface area contributed by atoms with Crippen LogP contribution >= 0.6 is 0 Å². The molecular formula is C18H24FNO. The van der Waals surface area contributed by atoms with E-state index in [1.165, 1.54) is 31.7 Å². The van der Waals surface area contributed by atoms with E-state index < -0.39 is 0 Å². The molecule has 2 nitrogen and oxygen atoms in total. The lowest BCUT2D eigenvalue weighted by molar-refractivity contribution is 0.200. The van der Waals surface area contributed by atoms with E-state index in [9.17, 15) is 4.39 Å². The third kappa shape index (κ3) is 4.84. The number of halogens is 1. The van der Waals surface area contributed by atoms with Crippen molar-refractivity contribution in [1.29, 1.82) is 0 Å². The topological polar surface area (TPSA) is 23.5 Å². The number of hydrogen-bond acceptors (Lipinski definition) is 2. The highest BCUT2D eigenvalue weighted by molar-refractivity contribution is 5.37. The van der Waals surface area contributed by atoms with Gasteiger partial charge in [0.15, 0.2) is 0 Å². The average Bonchev–Trinajstić information content (AvgIpc) is 2.98. The summed E-state index contributed by atoms with van der Waals surface area (Å²) in [5, 5.41) is 8.74. The Labute approximate surface area is 127 Å². The molecule has 1 aromatic carbocycles. The third-order valence-corrected chi connectivity index (χ3v) is 4.06. The quantitative estimate of drug-likeness (QED) is 0.841. The van der Waals surface area contributed by atoms with Gasteiger partial charge in [0, 0.05) is 24.6 Å². The zero-order valence-corrected chi connectivity index (χ0v) is 12.7. The second-order valence-corrected chi connectivity index (χ2v) is 5.62. The van der Waals surface area contributed by atoms with Gasteiger partial charge >= 0.3 is 0 Å². The molecule has 2 rings (SSSR count). The lowest BCUT2D eigenvalue weighted by Gasteiger charge is -2.27. The lowest BCUT2D eigenvalue weighted by Crippen LogP contribution is -2.32. The molecule has 1 aromatic rings. The number of aliphatic hydroxyl groups excluding tert-OH is 1. The molecule has 3 heteroatoms. The van der Waals surface area contributed by atoms with Crippen LogP contribution in [0.1, 0.15) is 50.2 Å². The van der Waals surface area contributed by atoms with E-state index in [-0.39, 0.29) is 12.4 Å². The number of rotatable bonds is 5. The van der Waals surface area contributed by atoms with Crippen molar-refractivity contribution in [2.24, 2.45) is 0 Å². The van der Waals surface area contributed by atoms with E-state index in [0.29, 0.717) is 18.0 Å². The highest BCUT2D eigenvalue weighted by Crippen LogP contribution is 2.25. The molecule has 1 saturated carbocycles. The van der Waals surface area contributed by atoms with Crippen LogP contribution in [0.5, 0.6) is 0 Å². The van der Waals surface area contributed by atoms with Crippen LogP contribution in [0.2, 0.25) is 0 Å². The Morgan fingerprint density at radius 1 is 1.29 bits per heavy atom. The van der Waals surface area contributed by atoms with Crippen LogP contribution < -0.4 is 0 Å². The molecule has 0 bridgehead atoms. The van der Waals surface area contributed by atoms with Crippen molar-refractivity contribution < 1.29 is 9.50 Å². The molecule has 0 saturated heterocycles. The SMILES string of the molecule is CCN(Cc1cc(F)cc(C#CCCO)c1)C1CCCC1. The molecule has 1 aliphatic carbocycles. The molecule has 0 radical (unpaired) electrons. The van der Waals surface area contributed by atoms with Gasteiger partial charge in [-0.05, 0) is 43.1 Å². The summed E-state index contributed by atoms with van der Waals surface area (Å²) in [5.74, 6) is 5.53. The Bertz CT molecular complexity index is 512. The molecule has 21 heavy (non-hydrogen) atoms. The fraction of sp³-hybridized carbons (Fsp3) is 0.556. The van der Waals surface area contributed by atoms with Crippen molar-refractivity contribution >= 4 is 0 Å². The highest BCUT2D eigenvalue weighted by atomic mass is 19.1. The summed E-state index contributed by atoms with van der Waals surface area (Å²) in [6.07, 6.45) is 5.55. The summed E-state index contributed by atoms with van der Waals surface area (Å²) in [7, 11) is 0. The smallest absolute Gasteiger partial charge is 0.124 e. The Morgan fingerprint density at radius 2 is 2.05 bits per heavy atom. The monoisotopic (exact) mass is 289 g/mol. The summed E-state index contributed by atoms with van der Waals surface area (Å²) in [5.41, 5.74) is 1.68. The minimum Gasteiger partial charge on any atom is -0.395 e. The highest BCUT2D eigenvalue weighted by Gasteiger charge is 2.21. The summed E-state index contributed by atoms with van der Waals surface area (Å²) < 4.78 is 13.7. The Kier molecular flexibility index (Phi) is 6.22. The molecule has 0 amide bonds. The van der Waals surface area contributed by atoms with Crippen LogP contribution in [0.15, 0.2) is 18.2 Å². The van der Waals surface area contributed by atoms with Gasteiger partial charge in [-0.15, -0.1) is 0 Å². The van der Waals surface area contributed by atoms with Crippen LogP contribution in [0.4, 0.5) is 4.39 Å². The summed E-state index contributed by atoms with van der Waals surface area (Å²) >= 11 is 0. The van der Waals surface area contributed by atoms with Crippen LogP contribution in [0.25, 0.3) is 0 Å². The predicted molar refractivity (Wildman–Crippen MR) is 83.3 cm³/mol. The van der Waals surface area contributed by atoms with Crippen LogP contribution in [0.3, 0.4) is 0 Å². The molecule has 0 spiro atoms. The summed E-state index contributed by atoms with van der Waals surface area (Å²) in [4.78, 5) is 2.44. The fourth-order valence-corrected chi connectivity index (χ4v) is 3.04. The van der Waals surface area contributed by atoms with Gasteiger partial charge in [0.2, 0.25) is 0 Å². The van der Waals surface area contributed by atoms with Crippen LogP contribution in [-0.4, -0.2) is 29.2 Å². The molecule has 1 fully saturated rings. The second kappa shape index (κ2) is 8.17. The Morgan fingerprint density at radius 3 is 2.71 bits per heavy atom. The molecule has 0 heterocycles. The van der Waals surface area contributed by atoms with Crippen molar-refractivity contribution in [2.75, 3.05) is 13.2 Å². The van der Waals surface area contributed by atoms with Crippen molar-refractivity contribution in [3.8, 4) is 11.8 Å². The van der Waals surface area contributed by atoms with E-state index in [1.807, 2.05) is 6.07 Å². The first-order valence-corrected chi connectivity index (χ1v) is 7.86. The summed E-state index contributed by atoms with van der Waals surface area (Å²) in [6, 6.07) is 5.67. The number of aliphatic hydroxyl groups is 1. The van der Waals surface area contributed by atoms with Crippen molar-refractivity contribution in [1.82, 2.24) is 4.90 Å². The minimum absolute atomic E-state index is 0.0421. The molecule has 0 atom stereocenters. The first-order chi connectivity index (χ1) is 10.2. The van der Waals surface area contributed by atoms with Gasteiger partial charge in [-0.3, -0.25) is 4.90 Å². The maximum absolute atomic E-state index is 13.7. The van der Waals surface area contributed by atoms with E-state index in [0.717, 1.165) is 18.7 Å². The zero-order valence-electron chi connectivity index (χ0n) is 12.7. The van der Waals surface area contributed by atoms with Crippen LogP contribution in [-0.2, 0) is 6.54 Å². The molecule has 0 unspecified atom stereocenters. The summed E-state index contributed by atoms with van der Waals surface area (Å²) in [6.45, 7) is 3.99. The Balaban J connectivity index is 2.09. The largest absolute Gasteiger partial charge is 0.395 e. The lowest BCUT2D eigenvalue weighted by atomic mass is 10.1. The van der Waals surface area contributed by atoms with Crippen molar-refractivity contribution in [3.05, 3.63) is 35.1 Å². The predicted octanol–water partition coefficient (Wildman–Crippen LogP) is 3.32. The maximum atomic E-state index is 13.7. The van der Waals surface area contributed by atoms with Gasteiger partial charge in [0.25, 0.3) is 0 Å². The average molecular weight is 289 g/mol. The zero-order chi connectivity index (χ0) is 15.1. The van der Waals surface area contributed by atoms with Gasteiger partial charge in [0.05, 0.1) is 6.61 Å².